The quantitative estimate of drug-likeness (QED) is 0.0143. The highest BCUT2D eigenvalue weighted by Gasteiger charge is 2.15. The van der Waals surface area contributed by atoms with Gasteiger partial charge in [0, 0.05) is 91.8 Å². The molecule has 0 aromatic carbocycles. The predicted octanol–water partition coefficient (Wildman–Crippen LogP) is 28.2. The molecule has 0 aliphatic carbocycles. The number of carbonyl (C=O) groups is 12. The summed E-state index contributed by atoms with van der Waals surface area (Å²) in [5, 5.41) is 40.4. The number of carboxylic acids is 2. The van der Waals surface area contributed by atoms with Crippen LogP contribution in [0, 0.1) is 0 Å². The summed E-state index contributed by atoms with van der Waals surface area (Å²) in [6.07, 6.45) is 100. The van der Waals surface area contributed by atoms with Crippen LogP contribution >= 0.6 is 23.5 Å². The molecule has 2 amide bonds. The number of rotatable bonds is 94. The van der Waals surface area contributed by atoms with Crippen LogP contribution in [0.3, 0.4) is 0 Å². The van der Waals surface area contributed by atoms with Gasteiger partial charge in [-0.2, -0.15) is 23.5 Å². The fourth-order valence-corrected chi connectivity index (χ4v) is 15.8. The number of allylic oxidation sites excluding steroid dienone is 2. The van der Waals surface area contributed by atoms with E-state index in [2.05, 4.69) is 47.8 Å². The van der Waals surface area contributed by atoms with Crippen LogP contribution in [-0.4, -0.2) is 161 Å². The number of hydrogen-bond donors (Lipinski definition) is 6. The Balaban J connectivity index is -0.000000333. The highest BCUT2D eigenvalue weighted by Crippen LogP contribution is 2.20. The molecule has 774 valence electrons. The van der Waals surface area contributed by atoms with Crippen molar-refractivity contribution in [2.45, 2.75) is 516 Å². The molecule has 0 saturated carbocycles. The molecule has 0 aliphatic rings. The standard InChI is InChI=1S/C47H84O5.C24H47NO2.C23H45NO3.C9H8O7.C6H14O2S2.2H2/c1-3-5-7-9-11-13-15-17-19-21-23-25-27-29-31-33-35-37-44(48)39-40-46(50)43-52-47(51)42-41-45(49)38-36-34-32-30-28-26-24-22-20-18-16-14-12-10-8-6-4-2;1-3-5-6-7-8-9-10-11-12-13-14-15-16-17-18-19-22-25-24(27)21-20-23(26)4-2;1-3-4-5-6-7-8-9-10-11-12-13-14-15-16-17-18-21-24-22(25)19-20-23(26)27-2;10-6(1-2-7(11)12)5-16-9(15)4-3-8(13)14;1-9-3-5(7)6(8)4-10-2;;/h39-42H,3-38,43H2,1-2H3;3-22H2,1-2H3,(H,25,27);3-21H2,1-2H3,(H,24,25);1-4H,5H2,(H,11,12)(H,13,14);5-8H,3-4H2,1-2H3;2*1H/b40-39-,42-41-;;;2-1-,4-3-;;;/i;;;;;1+2D;1+2. The number of aliphatic hydroxyl groups excluding tert-OH is 2. The zero-order chi connectivity index (χ0) is 101. The molecule has 0 spiro atoms. The fourth-order valence-electron chi connectivity index (χ4n) is 14.6. The topological polar surface area (TPSA) is 338 Å². The molecule has 6 N–H and O–H groups in total. The summed E-state index contributed by atoms with van der Waals surface area (Å²) < 4.78 is 23.8. The molecule has 0 fully saturated rings. The molecule has 132 heavy (non-hydrogen) atoms. The van der Waals surface area contributed by atoms with Crippen LogP contribution in [0.2, 0.25) is 0 Å². The Morgan fingerprint density at radius 3 is 0.742 bits per heavy atom. The van der Waals surface area contributed by atoms with Crippen molar-refractivity contribution in [3.8, 4) is 0 Å². The van der Waals surface area contributed by atoms with Gasteiger partial charge in [0.25, 0.3) is 0 Å². The van der Waals surface area contributed by atoms with Gasteiger partial charge in [-0.3, -0.25) is 38.4 Å². The Morgan fingerprint density at radius 2 is 0.500 bits per heavy atom. The van der Waals surface area contributed by atoms with Crippen LogP contribution in [0.1, 0.15) is 508 Å². The van der Waals surface area contributed by atoms with E-state index in [1.165, 1.54) is 398 Å². The molecule has 0 bridgehead atoms. The molecule has 0 rings (SSSR count). The minimum Gasteiger partial charge on any atom is -0.478 e. The maximum Gasteiger partial charge on any atom is 0.331 e. The Morgan fingerprint density at radius 1 is 0.288 bits per heavy atom. The molecular formula is C109H202N2O19S2. The largest absolute Gasteiger partial charge is 0.478 e. The molecule has 0 aromatic heterocycles. The number of hydrogen-bond acceptors (Lipinski definition) is 19. The van der Waals surface area contributed by atoms with E-state index in [4.69, 9.17) is 28.1 Å². The van der Waals surface area contributed by atoms with Gasteiger partial charge in [0.2, 0.25) is 11.8 Å². The SMILES string of the molecule is CCCCCCCCCCCCCCCCCCCC(=O)/C=C\C(=O)COC(=O)/C=C\C(=O)CCCCCCCCCCCCCCCCCCC.CCCCCCCCCCCCCCCCCCNC(=O)CCC(=O)CC.CCCCCCCCCCCCCCCCCCNC(=O)CCC(=O)OC.CSCC(O)C(O)CSC.O=C(O)/C=C\C(=O)COC(=O)/C=C\C(=O)O.[2H][3H].[3HH]. The molecule has 0 aliphatic heterocycles. The number of ether oxygens (including phenoxy) is 3. The van der Waals surface area contributed by atoms with Crippen molar-refractivity contribution in [1.29, 1.82) is 0 Å². The molecule has 0 saturated heterocycles. The van der Waals surface area contributed by atoms with Crippen LogP contribution in [0.15, 0.2) is 48.6 Å². The van der Waals surface area contributed by atoms with E-state index in [-0.39, 0.29) is 49.4 Å². The van der Waals surface area contributed by atoms with Crippen molar-refractivity contribution in [3.05, 3.63) is 48.6 Å². The minimum atomic E-state index is -1.32. The Hall–Kier alpha value is -5.78. The van der Waals surface area contributed by atoms with Crippen LogP contribution in [0.5, 0.6) is 0 Å². The number of carboxylic acid groups (broad SMARTS) is 2. The van der Waals surface area contributed by atoms with Gasteiger partial charge in [-0.1, -0.05) is 433 Å². The highest BCUT2D eigenvalue weighted by atomic mass is 32.2. The van der Waals surface area contributed by atoms with Crippen LogP contribution in [0.25, 0.3) is 0 Å². The number of unbranched alkanes of at least 4 members (excludes halogenated alkanes) is 62. The van der Waals surface area contributed by atoms with Gasteiger partial charge < -0.3 is 45.3 Å². The van der Waals surface area contributed by atoms with Gasteiger partial charge in [-0.05, 0) is 62.5 Å². The third kappa shape index (κ3) is 122. The van der Waals surface area contributed by atoms with Crippen molar-refractivity contribution < 1.29 is 96.6 Å². The first kappa shape index (κ1) is 132. The molecular weight excluding hydrogens is 1710 g/mol. The molecule has 21 nitrogen and oxygen atoms in total. The zero-order valence-corrected chi connectivity index (χ0v) is 87.0. The fraction of sp³-hybridized carbons (Fsp3) is 0.817. The smallest absolute Gasteiger partial charge is 0.331 e. The Labute approximate surface area is 818 Å². The monoisotopic (exact) mass is 1910 g/mol. The lowest BCUT2D eigenvalue weighted by Crippen LogP contribution is -2.30. The maximum absolute atomic E-state index is 12.1. The van der Waals surface area contributed by atoms with Crippen molar-refractivity contribution in [1.82, 2.24) is 10.6 Å². The third-order valence-corrected chi connectivity index (χ3v) is 24.4. The normalized spacial score (nSPS) is 11.6. The summed E-state index contributed by atoms with van der Waals surface area (Å²) in [5.41, 5.74) is 0. The summed E-state index contributed by atoms with van der Waals surface area (Å²) in [6.45, 7) is 11.3. The van der Waals surface area contributed by atoms with E-state index >= 15 is 0 Å². The molecule has 23 heteroatoms. The summed E-state index contributed by atoms with van der Waals surface area (Å²) in [4.78, 5) is 135. The summed E-state index contributed by atoms with van der Waals surface area (Å²) >= 11 is 3.09. The van der Waals surface area contributed by atoms with Crippen molar-refractivity contribution in [2.75, 3.05) is 57.4 Å². The number of esters is 3. The van der Waals surface area contributed by atoms with Crippen molar-refractivity contribution in [3.63, 3.8) is 0 Å². The number of nitrogens with one attached hydrogen (secondary N) is 2. The van der Waals surface area contributed by atoms with E-state index in [1.54, 1.807) is 23.5 Å². The molecule has 0 heterocycles. The number of thioether (sulfide) groups is 2. The van der Waals surface area contributed by atoms with Gasteiger partial charge in [0.15, 0.2) is 36.3 Å². The van der Waals surface area contributed by atoms with E-state index < -0.39 is 60.9 Å². The summed E-state index contributed by atoms with van der Waals surface area (Å²) in [5.74, 6) is -4.63. The molecule has 2 unspecified atom stereocenters. The number of ketones is 5. The molecule has 2 atom stereocenters. The number of amides is 2. The second kappa shape index (κ2) is 114. The number of methoxy groups -OCH3 is 1. The maximum atomic E-state index is 12.1. The third-order valence-electron chi connectivity index (χ3n) is 23.0. The van der Waals surface area contributed by atoms with Crippen LogP contribution in [-0.2, 0) is 71.7 Å². The van der Waals surface area contributed by atoms with Gasteiger partial charge in [0.05, 0.1) is 25.7 Å². The second-order valence-corrected chi connectivity index (χ2v) is 37.5. The Bertz CT molecular complexity index is 2650. The summed E-state index contributed by atoms with van der Waals surface area (Å²) in [7, 11) is 1.34. The molecule has 0 aromatic rings. The average Bonchev–Trinajstić information content (AvgIpc) is 0.951. The van der Waals surface area contributed by atoms with Crippen LogP contribution in [0.4, 0.5) is 0 Å². The lowest BCUT2D eigenvalue weighted by atomic mass is 10.0. The number of aliphatic hydroxyl groups is 2. The first-order valence-electron chi connectivity index (χ1n) is 54.1. The second-order valence-electron chi connectivity index (χ2n) is 35.7. The number of carbonyl (C=O) groups excluding carboxylic acids is 10. The van der Waals surface area contributed by atoms with E-state index in [0.29, 0.717) is 61.8 Å². The van der Waals surface area contributed by atoms with E-state index in [0.717, 1.165) is 76.6 Å². The highest BCUT2D eigenvalue weighted by molar-refractivity contribution is 7.99. The lowest BCUT2D eigenvalue weighted by Gasteiger charge is -2.14. The van der Waals surface area contributed by atoms with Gasteiger partial charge in [-0.25, -0.2) is 19.2 Å². The predicted molar refractivity (Wildman–Crippen MR) is 555 cm³/mol. The lowest BCUT2D eigenvalue weighted by molar-refractivity contribution is -0.142. The van der Waals surface area contributed by atoms with Gasteiger partial charge >= 0.3 is 29.8 Å². The molecule has 0 radical (unpaired) electrons. The van der Waals surface area contributed by atoms with Crippen molar-refractivity contribution >= 4 is 94.1 Å². The van der Waals surface area contributed by atoms with E-state index in [9.17, 15) is 57.5 Å². The number of Topliss-reactive ketones (excluding diaryl/α,β-unsaturated/α-hetero) is 1. The van der Waals surface area contributed by atoms with E-state index in [1.807, 2.05) is 19.4 Å². The first-order chi connectivity index (χ1) is 65.0. The average molecular weight is 1910 g/mol. The van der Waals surface area contributed by atoms with Crippen LogP contribution < -0.4 is 10.6 Å². The van der Waals surface area contributed by atoms with Gasteiger partial charge in [0.1, 0.15) is 5.78 Å². The number of aliphatic carboxylic acids is 2. The summed E-state index contributed by atoms with van der Waals surface area (Å²) in [6, 6.07) is 0. The van der Waals surface area contributed by atoms with Crippen molar-refractivity contribution in [2.24, 2.45) is 0 Å². The Kier molecular flexibility index (Phi) is 114. The minimum absolute atomic E-state index is 0. The first-order valence-corrected chi connectivity index (χ1v) is 55.9. The zero-order valence-electron chi connectivity index (χ0n) is 87.4. The van der Waals surface area contributed by atoms with Gasteiger partial charge in [-0.15, -0.1) is 0 Å².